The molecule has 0 aliphatic rings. The number of aromatic nitrogens is 1. The fraction of sp³-hybridized carbons (Fsp3) is 0.375. The summed E-state index contributed by atoms with van der Waals surface area (Å²) in [6, 6.07) is 8.40. The number of hydrogen-bond acceptors (Lipinski definition) is 3. The second-order valence-corrected chi connectivity index (χ2v) is 5.99. The smallest absolute Gasteiger partial charge is 0.273 e. The first kappa shape index (κ1) is 14.7. The van der Waals surface area contributed by atoms with Crippen LogP contribution in [0.4, 0.5) is 0 Å². The van der Waals surface area contributed by atoms with Gasteiger partial charge in [0.15, 0.2) is 0 Å². The summed E-state index contributed by atoms with van der Waals surface area (Å²) in [5.41, 5.74) is 2.91. The fourth-order valence-corrected chi connectivity index (χ4v) is 2.65. The van der Waals surface area contributed by atoms with Crippen LogP contribution in [0.1, 0.15) is 42.7 Å². The van der Waals surface area contributed by atoms with Crippen molar-refractivity contribution in [2.45, 2.75) is 26.7 Å². The number of thiazole rings is 1. The van der Waals surface area contributed by atoms with Crippen molar-refractivity contribution in [3.8, 4) is 10.6 Å². The van der Waals surface area contributed by atoms with Gasteiger partial charge in [-0.25, -0.2) is 4.98 Å². The number of amides is 1. The molecule has 0 unspecified atom stereocenters. The van der Waals surface area contributed by atoms with Crippen molar-refractivity contribution in [3.05, 3.63) is 40.9 Å². The van der Waals surface area contributed by atoms with Crippen LogP contribution in [0, 0.1) is 0 Å². The lowest BCUT2D eigenvalue weighted by molar-refractivity contribution is 0.0797. The van der Waals surface area contributed by atoms with E-state index >= 15 is 0 Å². The molecule has 0 aliphatic heterocycles. The molecule has 0 radical (unpaired) electrons. The minimum atomic E-state index is -0.0196. The molecule has 2 rings (SSSR count). The van der Waals surface area contributed by atoms with Gasteiger partial charge in [-0.3, -0.25) is 4.79 Å². The lowest BCUT2D eigenvalue weighted by Gasteiger charge is -2.11. The number of carbonyl (C=O) groups excluding carboxylic acids is 1. The average Bonchev–Trinajstić information content (AvgIpc) is 2.95. The van der Waals surface area contributed by atoms with Crippen LogP contribution in [0.2, 0.25) is 0 Å². The van der Waals surface area contributed by atoms with Crippen LogP contribution in [0.3, 0.4) is 0 Å². The molecular weight excluding hydrogens is 268 g/mol. The molecule has 0 spiro atoms. The fourth-order valence-electron chi connectivity index (χ4n) is 1.85. The van der Waals surface area contributed by atoms with E-state index in [2.05, 4.69) is 43.1 Å². The molecule has 0 saturated heterocycles. The largest absolute Gasteiger partial charge is 0.341 e. The number of rotatable bonds is 4. The standard InChI is InChI=1S/C16H20N2OS/c1-5-18(4)16(19)14-10-20-15(17-14)13-8-6-12(7-9-13)11(2)3/h6-11H,5H2,1-4H3. The van der Waals surface area contributed by atoms with Crippen LogP contribution in [0.15, 0.2) is 29.6 Å². The Morgan fingerprint density at radius 3 is 2.50 bits per heavy atom. The summed E-state index contributed by atoms with van der Waals surface area (Å²) in [6.07, 6.45) is 0. The predicted molar refractivity (Wildman–Crippen MR) is 84.3 cm³/mol. The maximum absolute atomic E-state index is 12.0. The molecule has 106 valence electrons. The maximum Gasteiger partial charge on any atom is 0.273 e. The van der Waals surface area contributed by atoms with Crippen molar-refractivity contribution in [3.63, 3.8) is 0 Å². The minimum absolute atomic E-state index is 0.0196. The Morgan fingerprint density at radius 2 is 1.95 bits per heavy atom. The van der Waals surface area contributed by atoms with Crippen LogP contribution in [-0.4, -0.2) is 29.4 Å². The van der Waals surface area contributed by atoms with E-state index in [0.29, 0.717) is 18.2 Å². The topological polar surface area (TPSA) is 33.2 Å². The molecule has 0 N–H and O–H groups in total. The molecule has 0 saturated carbocycles. The highest BCUT2D eigenvalue weighted by Gasteiger charge is 2.14. The monoisotopic (exact) mass is 288 g/mol. The zero-order chi connectivity index (χ0) is 14.7. The van der Waals surface area contributed by atoms with Crippen LogP contribution in [-0.2, 0) is 0 Å². The van der Waals surface area contributed by atoms with E-state index in [9.17, 15) is 4.79 Å². The first-order valence-corrected chi connectivity index (χ1v) is 7.72. The summed E-state index contributed by atoms with van der Waals surface area (Å²) in [7, 11) is 1.79. The molecule has 20 heavy (non-hydrogen) atoms. The van der Waals surface area contributed by atoms with Crippen LogP contribution >= 0.6 is 11.3 Å². The average molecular weight is 288 g/mol. The van der Waals surface area contributed by atoms with Gasteiger partial charge in [-0.05, 0) is 18.4 Å². The van der Waals surface area contributed by atoms with Gasteiger partial charge in [0.1, 0.15) is 10.7 Å². The summed E-state index contributed by atoms with van der Waals surface area (Å²) in [4.78, 5) is 18.2. The van der Waals surface area contributed by atoms with Crippen molar-refractivity contribution >= 4 is 17.2 Å². The highest BCUT2D eigenvalue weighted by Crippen LogP contribution is 2.26. The molecule has 2 aromatic rings. The van der Waals surface area contributed by atoms with Crippen molar-refractivity contribution in [2.24, 2.45) is 0 Å². The number of benzene rings is 1. The van der Waals surface area contributed by atoms with E-state index in [1.165, 1.54) is 16.9 Å². The molecule has 0 bridgehead atoms. The van der Waals surface area contributed by atoms with Gasteiger partial charge >= 0.3 is 0 Å². The van der Waals surface area contributed by atoms with E-state index in [-0.39, 0.29) is 5.91 Å². The number of hydrogen-bond donors (Lipinski definition) is 0. The van der Waals surface area contributed by atoms with Crippen LogP contribution < -0.4 is 0 Å². The predicted octanol–water partition coefficient (Wildman–Crippen LogP) is 4.03. The maximum atomic E-state index is 12.0. The third kappa shape index (κ3) is 3.07. The Hall–Kier alpha value is -1.68. The van der Waals surface area contributed by atoms with Gasteiger partial charge in [0.25, 0.3) is 5.91 Å². The van der Waals surface area contributed by atoms with Crippen molar-refractivity contribution in [2.75, 3.05) is 13.6 Å². The summed E-state index contributed by atoms with van der Waals surface area (Å²) in [5.74, 6) is 0.504. The minimum Gasteiger partial charge on any atom is -0.341 e. The molecule has 0 fully saturated rings. The Morgan fingerprint density at radius 1 is 1.30 bits per heavy atom. The van der Waals surface area contributed by atoms with E-state index in [1.54, 1.807) is 11.9 Å². The van der Waals surface area contributed by atoms with Crippen molar-refractivity contribution in [1.82, 2.24) is 9.88 Å². The number of nitrogens with zero attached hydrogens (tertiary/aromatic N) is 2. The zero-order valence-electron chi connectivity index (χ0n) is 12.4. The SMILES string of the molecule is CCN(C)C(=O)c1csc(-c2ccc(C(C)C)cc2)n1. The molecule has 0 atom stereocenters. The van der Waals surface area contributed by atoms with Gasteiger partial charge in [-0.15, -0.1) is 11.3 Å². The molecule has 3 nitrogen and oxygen atoms in total. The number of carbonyl (C=O) groups is 1. The normalized spacial score (nSPS) is 10.8. The van der Waals surface area contributed by atoms with E-state index in [0.717, 1.165) is 10.6 Å². The highest BCUT2D eigenvalue weighted by molar-refractivity contribution is 7.13. The first-order valence-electron chi connectivity index (χ1n) is 6.84. The summed E-state index contributed by atoms with van der Waals surface area (Å²) >= 11 is 1.51. The molecule has 4 heteroatoms. The second-order valence-electron chi connectivity index (χ2n) is 5.13. The van der Waals surface area contributed by atoms with E-state index in [1.807, 2.05) is 12.3 Å². The Bertz CT molecular complexity index is 587. The van der Waals surface area contributed by atoms with E-state index < -0.39 is 0 Å². The first-order chi connectivity index (χ1) is 9.52. The van der Waals surface area contributed by atoms with Crippen LogP contribution in [0.5, 0.6) is 0 Å². The molecule has 1 aromatic heterocycles. The Labute approximate surface area is 124 Å². The summed E-state index contributed by atoms with van der Waals surface area (Å²) in [5, 5.41) is 2.73. The van der Waals surface area contributed by atoms with Crippen molar-refractivity contribution < 1.29 is 4.79 Å². The Balaban J connectivity index is 2.22. The van der Waals surface area contributed by atoms with Gasteiger partial charge < -0.3 is 4.90 Å². The molecule has 1 heterocycles. The van der Waals surface area contributed by atoms with Gasteiger partial charge in [-0.2, -0.15) is 0 Å². The Kier molecular flexibility index (Phi) is 4.55. The molecule has 1 amide bonds. The lowest BCUT2D eigenvalue weighted by atomic mass is 10.0. The van der Waals surface area contributed by atoms with Gasteiger partial charge in [0, 0.05) is 24.5 Å². The van der Waals surface area contributed by atoms with Crippen LogP contribution in [0.25, 0.3) is 10.6 Å². The molecule has 1 aromatic carbocycles. The third-order valence-electron chi connectivity index (χ3n) is 3.37. The van der Waals surface area contributed by atoms with Gasteiger partial charge in [0.2, 0.25) is 0 Å². The quantitative estimate of drug-likeness (QED) is 0.851. The summed E-state index contributed by atoms with van der Waals surface area (Å²) in [6.45, 7) is 7.00. The zero-order valence-corrected chi connectivity index (χ0v) is 13.2. The van der Waals surface area contributed by atoms with E-state index in [4.69, 9.17) is 0 Å². The highest BCUT2D eigenvalue weighted by atomic mass is 32.1. The second kappa shape index (κ2) is 6.18. The molecular formula is C16H20N2OS. The van der Waals surface area contributed by atoms with Crippen molar-refractivity contribution in [1.29, 1.82) is 0 Å². The third-order valence-corrected chi connectivity index (χ3v) is 4.26. The molecule has 0 aliphatic carbocycles. The van der Waals surface area contributed by atoms with Gasteiger partial charge in [0.05, 0.1) is 0 Å². The van der Waals surface area contributed by atoms with Gasteiger partial charge in [-0.1, -0.05) is 38.1 Å². The lowest BCUT2D eigenvalue weighted by Crippen LogP contribution is -2.26. The summed E-state index contributed by atoms with van der Waals surface area (Å²) < 4.78 is 0.